The second-order valence-electron chi connectivity index (χ2n) is 4.70. The highest BCUT2D eigenvalue weighted by Crippen LogP contribution is 2.19. The van der Waals surface area contributed by atoms with E-state index in [2.05, 4.69) is 24.1 Å². The summed E-state index contributed by atoms with van der Waals surface area (Å²) < 4.78 is 1.74. The first-order chi connectivity index (χ1) is 9.62. The molecule has 0 aliphatic heterocycles. The van der Waals surface area contributed by atoms with E-state index >= 15 is 0 Å². The van der Waals surface area contributed by atoms with E-state index in [1.807, 2.05) is 6.92 Å². The summed E-state index contributed by atoms with van der Waals surface area (Å²) in [5, 5.41) is 4.59. The van der Waals surface area contributed by atoms with Crippen LogP contribution in [0.4, 0.5) is 0 Å². The van der Waals surface area contributed by atoms with Gasteiger partial charge in [0, 0.05) is 11.6 Å². The Morgan fingerprint density at radius 3 is 2.70 bits per heavy atom. The highest BCUT2D eigenvalue weighted by Gasteiger charge is 2.17. The van der Waals surface area contributed by atoms with Crippen molar-refractivity contribution in [3.05, 3.63) is 39.4 Å². The van der Waals surface area contributed by atoms with Gasteiger partial charge in [-0.2, -0.15) is 0 Å². The fraction of sp³-hybridized carbons (Fsp3) is 0.467. The lowest BCUT2D eigenvalue weighted by Gasteiger charge is -2.20. The van der Waals surface area contributed by atoms with Crippen LogP contribution in [0.5, 0.6) is 0 Å². The van der Waals surface area contributed by atoms with E-state index in [0.717, 1.165) is 18.8 Å². The van der Waals surface area contributed by atoms with Gasteiger partial charge in [-0.25, -0.2) is 4.98 Å². The average Bonchev–Trinajstić information content (AvgIpc) is 2.44. The Morgan fingerprint density at radius 1 is 1.35 bits per heavy atom. The number of hydrogen-bond donors (Lipinski definition) is 1. The molecule has 1 aromatic heterocycles. The van der Waals surface area contributed by atoms with Crippen LogP contribution in [0.2, 0.25) is 5.02 Å². The van der Waals surface area contributed by atoms with Crippen molar-refractivity contribution in [1.29, 1.82) is 0 Å². The summed E-state index contributed by atoms with van der Waals surface area (Å²) in [4.78, 5) is 17.2. The molecule has 0 bridgehead atoms. The standard InChI is InChI=1S/C15H20ClN3O/c1-4-12(17-5-2)14-18-13-9-10(16)7-8-11(13)15(20)19(14)6-3/h7-9,12,17H,4-6H2,1-3H3/t12-/m0/s1. The van der Waals surface area contributed by atoms with Crippen LogP contribution in [0.3, 0.4) is 0 Å². The topological polar surface area (TPSA) is 46.9 Å². The molecule has 2 aromatic rings. The van der Waals surface area contributed by atoms with Gasteiger partial charge in [0.05, 0.1) is 16.9 Å². The Kier molecular flexibility index (Phi) is 4.78. The molecule has 5 heteroatoms. The van der Waals surface area contributed by atoms with Crippen LogP contribution >= 0.6 is 11.6 Å². The Balaban J connectivity index is 2.72. The predicted molar refractivity (Wildman–Crippen MR) is 83.4 cm³/mol. The lowest BCUT2D eigenvalue weighted by atomic mass is 10.1. The van der Waals surface area contributed by atoms with Crippen molar-refractivity contribution in [2.24, 2.45) is 0 Å². The van der Waals surface area contributed by atoms with Crippen molar-refractivity contribution in [2.45, 2.75) is 39.8 Å². The van der Waals surface area contributed by atoms with Crippen molar-refractivity contribution >= 4 is 22.5 Å². The number of hydrogen-bond acceptors (Lipinski definition) is 3. The zero-order valence-corrected chi connectivity index (χ0v) is 12.9. The molecule has 0 radical (unpaired) electrons. The minimum atomic E-state index is 0.000481. The van der Waals surface area contributed by atoms with Gasteiger partial charge in [0.15, 0.2) is 0 Å². The molecule has 1 N–H and O–H groups in total. The maximum Gasteiger partial charge on any atom is 0.261 e. The van der Waals surface area contributed by atoms with E-state index in [1.165, 1.54) is 0 Å². The fourth-order valence-corrected chi connectivity index (χ4v) is 2.61. The van der Waals surface area contributed by atoms with Crippen LogP contribution in [0.15, 0.2) is 23.0 Å². The third-order valence-corrected chi connectivity index (χ3v) is 3.67. The number of halogens is 1. The zero-order chi connectivity index (χ0) is 14.7. The summed E-state index contributed by atoms with van der Waals surface area (Å²) in [6, 6.07) is 5.31. The first-order valence-corrected chi connectivity index (χ1v) is 7.43. The minimum absolute atomic E-state index is 0.000481. The normalized spacial score (nSPS) is 12.8. The monoisotopic (exact) mass is 293 g/mol. The van der Waals surface area contributed by atoms with Crippen LogP contribution in [-0.2, 0) is 6.54 Å². The molecule has 0 amide bonds. The molecule has 4 nitrogen and oxygen atoms in total. The molecule has 0 fully saturated rings. The third-order valence-electron chi connectivity index (χ3n) is 3.43. The molecular formula is C15H20ClN3O. The van der Waals surface area contributed by atoms with Crippen LogP contribution in [0.1, 0.15) is 39.1 Å². The van der Waals surface area contributed by atoms with E-state index in [4.69, 9.17) is 11.6 Å². The van der Waals surface area contributed by atoms with Gasteiger partial charge in [-0.05, 0) is 38.1 Å². The molecule has 0 saturated carbocycles. The summed E-state index contributed by atoms with van der Waals surface area (Å²) in [5.74, 6) is 0.789. The van der Waals surface area contributed by atoms with Crippen molar-refractivity contribution in [1.82, 2.24) is 14.9 Å². The number of nitrogens with one attached hydrogen (secondary N) is 1. The maximum atomic E-state index is 12.6. The Morgan fingerprint density at radius 2 is 2.10 bits per heavy atom. The summed E-state index contributed by atoms with van der Waals surface area (Å²) in [7, 11) is 0. The Labute approximate surface area is 123 Å². The fourth-order valence-electron chi connectivity index (χ4n) is 2.45. The molecule has 1 aromatic carbocycles. The van der Waals surface area contributed by atoms with Crippen molar-refractivity contribution in [3.63, 3.8) is 0 Å². The van der Waals surface area contributed by atoms with Gasteiger partial charge in [0.25, 0.3) is 5.56 Å². The van der Waals surface area contributed by atoms with Gasteiger partial charge >= 0.3 is 0 Å². The average molecular weight is 294 g/mol. The van der Waals surface area contributed by atoms with Gasteiger partial charge in [0.1, 0.15) is 5.82 Å². The Bertz CT molecular complexity index is 666. The third kappa shape index (κ3) is 2.72. The van der Waals surface area contributed by atoms with Gasteiger partial charge in [-0.3, -0.25) is 9.36 Å². The van der Waals surface area contributed by atoms with Gasteiger partial charge < -0.3 is 5.32 Å². The summed E-state index contributed by atoms with van der Waals surface area (Å²) in [6.07, 6.45) is 0.881. The molecule has 2 rings (SSSR count). The summed E-state index contributed by atoms with van der Waals surface area (Å²) in [6.45, 7) is 7.55. The highest BCUT2D eigenvalue weighted by molar-refractivity contribution is 6.31. The molecular weight excluding hydrogens is 274 g/mol. The number of rotatable bonds is 5. The van der Waals surface area contributed by atoms with E-state index in [1.54, 1.807) is 22.8 Å². The molecule has 1 atom stereocenters. The second-order valence-corrected chi connectivity index (χ2v) is 5.14. The predicted octanol–water partition coefficient (Wildman–Crippen LogP) is 3.13. The van der Waals surface area contributed by atoms with Crippen LogP contribution < -0.4 is 10.9 Å². The maximum absolute atomic E-state index is 12.6. The molecule has 0 spiro atoms. The SMILES string of the molecule is CCN[C@@H](CC)c1nc2cc(Cl)ccc2c(=O)n1CC. The lowest BCUT2D eigenvalue weighted by Crippen LogP contribution is -2.31. The second kappa shape index (κ2) is 6.37. The van der Waals surface area contributed by atoms with E-state index in [9.17, 15) is 4.79 Å². The first kappa shape index (κ1) is 15.0. The summed E-state index contributed by atoms with van der Waals surface area (Å²) >= 11 is 6.01. The van der Waals surface area contributed by atoms with Crippen molar-refractivity contribution < 1.29 is 0 Å². The molecule has 0 unspecified atom stereocenters. The summed E-state index contributed by atoms with van der Waals surface area (Å²) in [5.41, 5.74) is 0.666. The molecule has 0 aliphatic carbocycles. The van der Waals surface area contributed by atoms with E-state index in [-0.39, 0.29) is 11.6 Å². The first-order valence-electron chi connectivity index (χ1n) is 7.05. The zero-order valence-electron chi connectivity index (χ0n) is 12.1. The van der Waals surface area contributed by atoms with E-state index < -0.39 is 0 Å². The largest absolute Gasteiger partial charge is 0.308 e. The number of fused-ring (bicyclic) bond motifs is 1. The minimum Gasteiger partial charge on any atom is -0.308 e. The van der Waals surface area contributed by atoms with Crippen LogP contribution in [0, 0.1) is 0 Å². The van der Waals surface area contributed by atoms with Crippen molar-refractivity contribution in [2.75, 3.05) is 6.54 Å². The Hall–Kier alpha value is -1.39. The van der Waals surface area contributed by atoms with Crippen molar-refractivity contribution in [3.8, 4) is 0 Å². The molecule has 108 valence electrons. The van der Waals surface area contributed by atoms with E-state index in [0.29, 0.717) is 22.5 Å². The molecule has 0 saturated heterocycles. The molecule has 0 aliphatic rings. The van der Waals surface area contributed by atoms with Gasteiger partial charge in [-0.1, -0.05) is 25.4 Å². The lowest BCUT2D eigenvalue weighted by molar-refractivity contribution is 0.475. The molecule has 1 heterocycles. The van der Waals surface area contributed by atoms with Crippen LogP contribution in [-0.4, -0.2) is 16.1 Å². The number of nitrogens with zero attached hydrogens (tertiary/aromatic N) is 2. The van der Waals surface area contributed by atoms with Gasteiger partial charge in [0.2, 0.25) is 0 Å². The van der Waals surface area contributed by atoms with Gasteiger partial charge in [-0.15, -0.1) is 0 Å². The number of benzene rings is 1. The smallest absolute Gasteiger partial charge is 0.261 e. The molecule has 20 heavy (non-hydrogen) atoms. The van der Waals surface area contributed by atoms with Crippen LogP contribution in [0.25, 0.3) is 10.9 Å². The highest BCUT2D eigenvalue weighted by atomic mass is 35.5. The number of aromatic nitrogens is 2. The quantitative estimate of drug-likeness (QED) is 0.921.